The van der Waals surface area contributed by atoms with Crippen LogP contribution >= 0.6 is 11.3 Å². The van der Waals surface area contributed by atoms with Gasteiger partial charge in [0.1, 0.15) is 0 Å². The van der Waals surface area contributed by atoms with Gasteiger partial charge < -0.3 is 10.3 Å². The molecule has 3 rings (SSSR count). The number of nitrogen functional groups attached to an aromatic ring is 1. The molecule has 0 spiro atoms. The van der Waals surface area contributed by atoms with Crippen molar-refractivity contribution in [3.8, 4) is 22.8 Å². The zero-order valence-corrected chi connectivity index (χ0v) is 13.1. The SMILES string of the molecule is CCc1ccc(-c2noc(-c3c(N)sc(C)c3C)n2)cc1. The maximum atomic E-state index is 6.05. The summed E-state index contributed by atoms with van der Waals surface area (Å²) in [5.74, 6) is 1.08. The van der Waals surface area contributed by atoms with E-state index in [0.29, 0.717) is 11.7 Å². The van der Waals surface area contributed by atoms with E-state index in [4.69, 9.17) is 10.3 Å². The number of aryl methyl sites for hydroxylation is 2. The Balaban J connectivity index is 1.99. The van der Waals surface area contributed by atoms with E-state index in [1.54, 1.807) is 11.3 Å². The van der Waals surface area contributed by atoms with Gasteiger partial charge in [0.15, 0.2) is 0 Å². The van der Waals surface area contributed by atoms with Gasteiger partial charge in [-0.1, -0.05) is 36.3 Å². The van der Waals surface area contributed by atoms with Gasteiger partial charge in [0.25, 0.3) is 5.89 Å². The second kappa shape index (κ2) is 5.33. The Hall–Kier alpha value is -2.14. The molecule has 21 heavy (non-hydrogen) atoms. The molecule has 0 aliphatic carbocycles. The number of nitrogens with two attached hydrogens (primary N) is 1. The Morgan fingerprint density at radius 1 is 1.19 bits per heavy atom. The van der Waals surface area contributed by atoms with Crippen LogP contribution in [0.5, 0.6) is 0 Å². The summed E-state index contributed by atoms with van der Waals surface area (Å²) in [6.07, 6.45) is 1.02. The molecule has 108 valence electrons. The van der Waals surface area contributed by atoms with Gasteiger partial charge in [0.05, 0.1) is 10.6 Å². The molecule has 2 N–H and O–H groups in total. The maximum Gasteiger partial charge on any atom is 0.261 e. The number of aromatic nitrogens is 2. The van der Waals surface area contributed by atoms with Gasteiger partial charge in [-0.25, -0.2) is 0 Å². The van der Waals surface area contributed by atoms with E-state index in [0.717, 1.165) is 28.1 Å². The van der Waals surface area contributed by atoms with Crippen LogP contribution in [0.3, 0.4) is 0 Å². The average Bonchev–Trinajstić information content (AvgIpc) is 3.05. The number of hydrogen-bond acceptors (Lipinski definition) is 5. The molecule has 5 heteroatoms. The lowest BCUT2D eigenvalue weighted by atomic mass is 10.1. The molecule has 0 atom stereocenters. The van der Waals surface area contributed by atoms with Gasteiger partial charge in [-0.05, 0) is 31.4 Å². The molecule has 0 unspecified atom stereocenters. The number of hydrogen-bond donors (Lipinski definition) is 1. The van der Waals surface area contributed by atoms with Crippen LogP contribution in [0.1, 0.15) is 22.9 Å². The summed E-state index contributed by atoms with van der Waals surface area (Å²) in [6.45, 7) is 6.20. The van der Waals surface area contributed by atoms with E-state index in [1.807, 2.05) is 26.0 Å². The monoisotopic (exact) mass is 299 g/mol. The first-order valence-electron chi connectivity index (χ1n) is 6.89. The zero-order valence-electron chi connectivity index (χ0n) is 12.3. The highest BCUT2D eigenvalue weighted by Gasteiger charge is 2.18. The second-order valence-corrected chi connectivity index (χ2v) is 6.25. The summed E-state index contributed by atoms with van der Waals surface area (Å²) >= 11 is 1.55. The van der Waals surface area contributed by atoms with Crippen LogP contribution in [-0.4, -0.2) is 10.1 Å². The number of nitrogens with zero attached hydrogens (tertiary/aromatic N) is 2. The minimum absolute atomic E-state index is 0.490. The molecule has 4 nitrogen and oxygen atoms in total. The molecule has 0 amide bonds. The molecule has 0 aliphatic heterocycles. The molecule has 0 saturated heterocycles. The molecular weight excluding hydrogens is 282 g/mol. The minimum atomic E-state index is 0.490. The average molecular weight is 299 g/mol. The van der Waals surface area contributed by atoms with E-state index < -0.39 is 0 Å². The van der Waals surface area contributed by atoms with Crippen molar-refractivity contribution in [2.24, 2.45) is 0 Å². The summed E-state index contributed by atoms with van der Waals surface area (Å²) in [5.41, 5.74) is 10.3. The van der Waals surface area contributed by atoms with Crippen molar-refractivity contribution >= 4 is 16.3 Å². The Morgan fingerprint density at radius 2 is 1.90 bits per heavy atom. The van der Waals surface area contributed by atoms with Crippen LogP contribution in [0.25, 0.3) is 22.8 Å². The lowest BCUT2D eigenvalue weighted by Gasteiger charge is -1.97. The smallest absolute Gasteiger partial charge is 0.261 e. The molecule has 0 bridgehead atoms. The van der Waals surface area contributed by atoms with Crippen molar-refractivity contribution < 1.29 is 4.52 Å². The van der Waals surface area contributed by atoms with Crippen LogP contribution in [0.4, 0.5) is 5.00 Å². The van der Waals surface area contributed by atoms with Crippen molar-refractivity contribution in [3.63, 3.8) is 0 Å². The molecular formula is C16H17N3OS. The predicted octanol–water partition coefficient (Wildman–Crippen LogP) is 4.23. The molecule has 3 aromatic rings. The van der Waals surface area contributed by atoms with Crippen LogP contribution in [0, 0.1) is 13.8 Å². The molecule has 0 radical (unpaired) electrons. The predicted molar refractivity (Wildman–Crippen MR) is 86.3 cm³/mol. The molecule has 2 aromatic heterocycles. The van der Waals surface area contributed by atoms with Gasteiger partial charge in [-0.15, -0.1) is 11.3 Å². The molecule has 1 aromatic carbocycles. The fraction of sp³-hybridized carbons (Fsp3) is 0.250. The highest BCUT2D eigenvalue weighted by molar-refractivity contribution is 7.16. The van der Waals surface area contributed by atoms with Gasteiger partial charge in [0, 0.05) is 10.4 Å². The summed E-state index contributed by atoms with van der Waals surface area (Å²) < 4.78 is 5.40. The topological polar surface area (TPSA) is 64.9 Å². The second-order valence-electron chi connectivity index (χ2n) is 5.00. The van der Waals surface area contributed by atoms with Gasteiger partial charge >= 0.3 is 0 Å². The number of benzene rings is 1. The largest absolute Gasteiger partial charge is 0.390 e. The highest BCUT2D eigenvalue weighted by atomic mass is 32.1. The lowest BCUT2D eigenvalue weighted by Crippen LogP contribution is -1.87. The zero-order chi connectivity index (χ0) is 15.0. The van der Waals surface area contributed by atoms with Crippen molar-refractivity contribution in [1.29, 1.82) is 0 Å². The third kappa shape index (κ3) is 2.45. The molecule has 2 heterocycles. The quantitative estimate of drug-likeness (QED) is 0.786. The summed E-state index contributed by atoms with van der Waals surface area (Å²) in [7, 11) is 0. The van der Waals surface area contributed by atoms with E-state index in [-0.39, 0.29) is 0 Å². The van der Waals surface area contributed by atoms with Crippen molar-refractivity contribution in [2.75, 3.05) is 5.73 Å². The van der Waals surface area contributed by atoms with Gasteiger partial charge in [0.2, 0.25) is 5.82 Å². The lowest BCUT2D eigenvalue weighted by molar-refractivity contribution is 0.432. The third-order valence-electron chi connectivity index (χ3n) is 3.67. The van der Waals surface area contributed by atoms with E-state index in [2.05, 4.69) is 29.2 Å². The Bertz CT molecular complexity index is 771. The molecule has 0 aliphatic rings. The van der Waals surface area contributed by atoms with Crippen molar-refractivity contribution in [2.45, 2.75) is 27.2 Å². The molecule has 0 fully saturated rings. The third-order valence-corrected chi connectivity index (χ3v) is 4.71. The first-order chi connectivity index (χ1) is 10.1. The maximum absolute atomic E-state index is 6.05. The van der Waals surface area contributed by atoms with Gasteiger partial charge in [-0.3, -0.25) is 0 Å². The van der Waals surface area contributed by atoms with E-state index in [9.17, 15) is 0 Å². The summed E-state index contributed by atoms with van der Waals surface area (Å²) in [6, 6.07) is 8.20. The summed E-state index contributed by atoms with van der Waals surface area (Å²) in [4.78, 5) is 5.67. The van der Waals surface area contributed by atoms with Crippen LogP contribution < -0.4 is 5.73 Å². The summed E-state index contributed by atoms with van der Waals surface area (Å²) in [5, 5.41) is 4.80. The number of anilines is 1. The number of thiophene rings is 1. The highest BCUT2D eigenvalue weighted by Crippen LogP contribution is 2.37. The van der Waals surface area contributed by atoms with Crippen molar-refractivity contribution in [1.82, 2.24) is 10.1 Å². The Morgan fingerprint density at radius 3 is 2.48 bits per heavy atom. The normalized spacial score (nSPS) is 11.0. The standard InChI is InChI=1S/C16H17N3OS/c1-4-11-5-7-12(8-6-11)15-18-16(20-19-15)13-9(2)10(3)21-14(13)17/h5-8H,4,17H2,1-3H3. The number of rotatable bonds is 3. The van der Waals surface area contributed by atoms with Gasteiger partial charge in [-0.2, -0.15) is 4.98 Å². The Labute approximate surface area is 127 Å². The minimum Gasteiger partial charge on any atom is -0.390 e. The van der Waals surface area contributed by atoms with E-state index in [1.165, 1.54) is 10.4 Å². The van der Waals surface area contributed by atoms with Crippen LogP contribution in [-0.2, 0) is 6.42 Å². The van der Waals surface area contributed by atoms with Crippen LogP contribution in [0.15, 0.2) is 28.8 Å². The first kappa shape index (κ1) is 13.8. The van der Waals surface area contributed by atoms with Crippen molar-refractivity contribution in [3.05, 3.63) is 40.3 Å². The fourth-order valence-electron chi connectivity index (χ4n) is 2.25. The fourth-order valence-corrected chi connectivity index (χ4v) is 3.18. The van der Waals surface area contributed by atoms with Crippen LogP contribution in [0.2, 0.25) is 0 Å². The van der Waals surface area contributed by atoms with E-state index >= 15 is 0 Å². The molecule has 0 saturated carbocycles. The Kier molecular flexibility index (Phi) is 3.51. The first-order valence-corrected chi connectivity index (χ1v) is 7.70.